The standard InChI is InChI=1S/C22H26B3N9O/c1-32-13-18(30-31-32)17-8-15-9-19(28-12-16(15)11-27-17)29-21(35)14-2-3-26-20(10-14)33-4-6-34(7-5-33)22(23,24)25/h2-3,8-13H,4-7,23-25H2,1H3,(H,28,29,35). The van der Waals surface area contributed by atoms with Crippen molar-refractivity contribution in [2.45, 2.75) is 5.24 Å². The van der Waals surface area contributed by atoms with E-state index in [2.05, 4.69) is 63.9 Å². The van der Waals surface area contributed by atoms with Crippen molar-refractivity contribution in [2.24, 2.45) is 7.05 Å². The lowest BCUT2D eigenvalue weighted by Crippen LogP contribution is -2.58. The highest BCUT2D eigenvalue weighted by molar-refractivity contribution is 6.59. The fraction of sp³-hybridized carbons (Fsp3) is 0.273. The zero-order chi connectivity index (χ0) is 24.6. The van der Waals surface area contributed by atoms with E-state index in [1.54, 1.807) is 29.3 Å². The van der Waals surface area contributed by atoms with Gasteiger partial charge < -0.3 is 15.1 Å². The number of hydrogen-bond acceptors (Lipinski definition) is 8. The summed E-state index contributed by atoms with van der Waals surface area (Å²) in [5, 5.41) is 12.9. The zero-order valence-electron chi connectivity index (χ0n) is 20.4. The predicted octanol–water partition coefficient (Wildman–Crippen LogP) is -1.29. The number of pyridine rings is 3. The summed E-state index contributed by atoms with van der Waals surface area (Å²) in [7, 11) is 8.52. The molecule has 0 spiro atoms. The molecule has 0 aliphatic carbocycles. The molecule has 1 fully saturated rings. The summed E-state index contributed by atoms with van der Waals surface area (Å²) in [4.78, 5) is 31.1. The van der Waals surface area contributed by atoms with Gasteiger partial charge in [0.25, 0.3) is 5.91 Å². The number of rotatable bonds is 5. The van der Waals surface area contributed by atoms with E-state index in [1.165, 1.54) is 0 Å². The van der Waals surface area contributed by atoms with Crippen LogP contribution in [0.4, 0.5) is 11.6 Å². The van der Waals surface area contributed by atoms with Gasteiger partial charge in [-0.1, -0.05) is 10.5 Å². The highest BCUT2D eigenvalue weighted by Crippen LogP contribution is 2.22. The Kier molecular flexibility index (Phi) is 6.02. The number of amides is 1. The summed E-state index contributed by atoms with van der Waals surface area (Å²) in [5.41, 5.74) is 1.94. The van der Waals surface area contributed by atoms with E-state index in [0.717, 1.165) is 42.8 Å². The van der Waals surface area contributed by atoms with Crippen LogP contribution in [0, 0.1) is 0 Å². The fourth-order valence-corrected chi connectivity index (χ4v) is 4.24. The third kappa shape index (κ3) is 5.04. The Morgan fingerprint density at radius 3 is 2.46 bits per heavy atom. The minimum Gasteiger partial charge on any atom is -0.354 e. The molecule has 1 saturated heterocycles. The van der Waals surface area contributed by atoms with Crippen molar-refractivity contribution in [2.75, 3.05) is 36.4 Å². The molecule has 0 saturated carbocycles. The Hall–Kier alpha value is -3.73. The fourth-order valence-electron chi connectivity index (χ4n) is 4.24. The first-order valence-corrected chi connectivity index (χ1v) is 11.7. The normalized spacial score (nSPS) is 14.8. The number of carbonyl (C=O) groups is 1. The lowest BCUT2D eigenvalue weighted by Gasteiger charge is -2.43. The summed E-state index contributed by atoms with van der Waals surface area (Å²) in [5.74, 6) is 1.06. The lowest BCUT2D eigenvalue weighted by molar-refractivity contribution is 0.102. The summed E-state index contributed by atoms with van der Waals surface area (Å²) in [6.45, 7) is 3.69. The molecule has 5 rings (SSSR count). The molecular formula is C22H26B3N9O. The molecule has 4 aromatic heterocycles. The Labute approximate surface area is 206 Å². The molecule has 0 atom stereocenters. The Morgan fingerprint density at radius 1 is 0.971 bits per heavy atom. The minimum atomic E-state index is -0.225. The van der Waals surface area contributed by atoms with Gasteiger partial charge >= 0.3 is 0 Å². The summed E-state index contributed by atoms with van der Waals surface area (Å²) in [6, 6.07) is 7.32. The summed E-state index contributed by atoms with van der Waals surface area (Å²) < 4.78 is 1.63. The molecule has 1 amide bonds. The largest absolute Gasteiger partial charge is 0.354 e. The molecule has 0 bridgehead atoms. The number of carbonyl (C=O) groups excluding carboxylic acids is 1. The molecule has 10 nitrogen and oxygen atoms in total. The second-order valence-corrected chi connectivity index (χ2v) is 9.77. The molecule has 1 aliphatic heterocycles. The highest BCUT2D eigenvalue weighted by atomic mass is 16.1. The molecule has 1 N–H and O–H groups in total. The van der Waals surface area contributed by atoms with Gasteiger partial charge in [-0.25, -0.2) is 9.97 Å². The molecule has 0 aromatic carbocycles. The molecule has 5 heterocycles. The maximum atomic E-state index is 13.0. The van der Waals surface area contributed by atoms with Crippen LogP contribution in [0.3, 0.4) is 0 Å². The van der Waals surface area contributed by atoms with Crippen LogP contribution in [0.25, 0.3) is 22.2 Å². The van der Waals surface area contributed by atoms with Crippen LogP contribution >= 0.6 is 0 Å². The van der Waals surface area contributed by atoms with Crippen LogP contribution in [0.15, 0.2) is 49.1 Å². The first-order valence-electron chi connectivity index (χ1n) is 11.7. The Balaban J connectivity index is 1.31. The molecule has 4 aromatic rings. The lowest BCUT2D eigenvalue weighted by atomic mass is 9.48. The van der Waals surface area contributed by atoms with E-state index in [4.69, 9.17) is 0 Å². The number of nitrogens with one attached hydrogen (secondary N) is 1. The van der Waals surface area contributed by atoms with E-state index in [1.807, 2.05) is 31.4 Å². The number of nitrogens with zero attached hydrogens (tertiary/aromatic N) is 8. The van der Waals surface area contributed by atoms with Gasteiger partial charge in [-0.05, 0) is 29.7 Å². The average Bonchev–Trinajstić information content (AvgIpc) is 3.29. The smallest absolute Gasteiger partial charge is 0.257 e. The third-order valence-corrected chi connectivity index (χ3v) is 6.27. The van der Waals surface area contributed by atoms with E-state index in [9.17, 15) is 4.79 Å². The van der Waals surface area contributed by atoms with Crippen LogP contribution in [-0.4, -0.2) is 95.7 Å². The third-order valence-electron chi connectivity index (χ3n) is 6.27. The average molecular weight is 465 g/mol. The second-order valence-electron chi connectivity index (χ2n) is 9.77. The number of fused-ring (bicyclic) bond motifs is 1. The van der Waals surface area contributed by atoms with Gasteiger partial charge in [-0.15, -0.1) is 5.10 Å². The van der Waals surface area contributed by atoms with Gasteiger partial charge in [0.15, 0.2) is 0 Å². The van der Waals surface area contributed by atoms with Gasteiger partial charge in [0.1, 0.15) is 40.9 Å². The molecule has 174 valence electrons. The first kappa shape index (κ1) is 23.0. The van der Waals surface area contributed by atoms with Gasteiger partial charge in [-0.2, -0.15) is 0 Å². The topological polar surface area (TPSA) is 105 Å². The van der Waals surface area contributed by atoms with E-state index in [-0.39, 0.29) is 11.1 Å². The Bertz CT molecular complexity index is 1380. The van der Waals surface area contributed by atoms with Crippen molar-refractivity contribution in [1.82, 2.24) is 34.8 Å². The second kappa shape index (κ2) is 9.14. The molecular weight excluding hydrogens is 439 g/mol. The number of anilines is 2. The van der Waals surface area contributed by atoms with Crippen molar-refractivity contribution in [3.05, 3.63) is 54.6 Å². The predicted molar refractivity (Wildman–Crippen MR) is 144 cm³/mol. The molecule has 0 unspecified atom stereocenters. The molecule has 35 heavy (non-hydrogen) atoms. The van der Waals surface area contributed by atoms with Crippen molar-refractivity contribution in [3.8, 4) is 11.4 Å². The van der Waals surface area contributed by atoms with Crippen LogP contribution in [0.2, 0.25) is 0 Å². The maximum absolute atomic E-state index is 13.0. The highest BCUT2D eigenvalue weighted by Gasteiger charge is 2.26. The van der Waals surface area contributed by atoms with Crippen molar-refractivity contribution >= 4 is 51.9 Å². The number of piperazine rings is 1. The number of hydrogen-bond donors (Lipinski definition) is 1. The van der Waals surface area contributed by atoms with Crippen LogP contribution in [-0.2, 0) is 7.05 Å². The van der Waals surface area contributed by atoms with E-state index < -0.39 is 0 Å². The minimum absolute atomic E-state index is 0.152. The first-order chi connectivity index (χ1) is 16.8. The van der Waals surface area contributed by atoms with E-state index >= 15 is 0 Å². The monoisotopic (exact) mass is 465 g/mol. The van der Waals surface area contributed by atoms with Crippen LogP contribution in [0.1, 0.15) is 10.4 Å². The van der Waals surface area contributed by atoms with Gasteiger partial charge in [0, 0.05) is 62.8 Å². The molecule has 13 heteroatoms. The number of aryl methyl sites for hydroxylation is 1. The zero-order valence-corrected chi connectivity index (χ0v) is 20.4. The molecule has 1 aliphatic rings. The molecule has 0 radical (unpaired) electrons. The number of aromatic nitrogens is 6. The Morgan fingerprint density at radius 2 is 1.74 bits per heavy atom. The van der Waals surface area contributed by atoms with E-state index in [0.29, 0.717) is 22.8 Å². The van der Waals surface area contributed by atoms with Crippen LogP contribution in [0.5, 0.6) is 0 Å². The quantitative estimate of drug-likeness (QED) is 0.364. The van der Waals surface area contributed by atoms with Crippen LogP contribution < -0.4 is 10.2 Å². The van der Waals surface area contributed by atoms with Gasteiger partial charge in [-0.3, -0.25) is 14.5 Å². The SMILES string of the molecule is BC(B)(B)N1CCN(c2cc(C(=O)Nc3cc4cc(-c5cn(C)nn5)ncc4cn3)ccn2)CC1. The van der Waals surface area contributed by atoms with Gasteiger partial charge in [0.2, 0.25) is 0 Å². The maximum Gasteiger partial charge on any atom is 0.257 e. The summed E-state index contributed by atoms with van der Waals surface area (Å²) >= 11 is 0. The van der Waals surface area contributed by atoms with Crippen molar-refractivity contribution in [1.29, 1.82) is 0 Å². The van der Waals surface area contributed by atoms with Crippen molar-refractivity contribution in [3.63, 3.8) is 0 Å². The van der Waals surface area contributed by atoms with Gasteiger partial charge in [0.05, 0.1) is 11.9 Å². The van der Waals surface area contributed by atoms with Crippen molar-refractivity contribution < 1.29 is 4.79 Å². The summed E-state index contributed by atoms with van der Waals surface area (Å²) in [6.07, 6.45) is 6.94.